The van der Waals surface area contributed by atoms with E-state index in [9.17, 15) is 0 Å². The second kappa shape index (κ2) is 13.1. The van der Waals surface area contributed by atoms with Crippen molar-refractivity contribution >= 4 is 27.6 Å². The SMILES string of the molecule is C1=CC2c3cc(-c4nc(-c5ccccc5)nc(-c5cccc(-c6ccccc6)c5)n4)ccc3OC2C(c2nc(-c3ccccc3)nc3c2oc2ccccc23)=C1. The number of para-hydroxylation sites is 1. The van der Waals surface area contributed by atoms with Crippen molar-refractivity contribution < 1.29 is 9.15 Å². The van der Waals surface area contributed by atoms with Crippen molar-refractivity contribution in [1.29, 1.82) is 0 Å². The van der Waals surface area contributed by atoms with Crippen molar-refractivity contribution in [1.82, 2.24) is 24.9 Å². The second-order valence-electron chi connectivity index (χ2n) is 14.0. The van der Waals surface area contributed by atoms with Crippen molar-refractivity contribution in [2.75, 3.05) is 0 Å². The minimum atomic E-state index is -0.324. The van der Waals surface area contributed by atoms with Crippen LogP contribution in [0.15, 0.2) is 180 Å². The van der Waals surface area contributed by atoms with E-state index in [4.69, 9.17) is 34.1 Å². The molecule has 9 aromatic rings. The number of fused-ring (bicyclic) bond motifs is 6. The number of benzene rings is 6. The van der Waals surface area contributed by atoms with E-state index in [1.54, 1.807) is 0 Å². The number of ether oxygens (including phenoxy) is 1. The fourth-order valence-electron chi connectivity index (χ4n) is 7.80. The fourth-order valence-corrected chi connectivity index (χ4v) is 7.80. The van der Waals surface area contributed by atoms with Crippen molar-refractivity contribution in [2.45, 2.75) is 12.0 Å². The first-order valence-electron chi connectivity index (χ1n) is 18.7. The van der Waals surface area contributed by atoms with Crippen LogP contribution >= 0.6 is 0 Å². The Morgan fingerprint density at radius 3 is 1.79 bits per heavy atom. The summed E-state index contributed by atoms with van der Waals surface area (Å²) in [6.07, 6.45) is 6.05. The minimum absolute atomic E-state index is 0.0722. The first-order chi connectivity index (χ1) is 27.7. The molecule has 1 aliphatic carbocycles. The number of hydrogen-bond donors (Lipinski definition) is 0. The van der Waals surface area contributed by atoms with Crippen molar-refractivity contribution in [3.05, 3.63) is 187 Å². The highest BCUT2D eigenvalue weighted by Gasteiger charge is 2.39. The van der Waals surface area contributed by atoms with E-state index in [0.29, 0.717) is 28.9 Å². The lowest BCUT2D eigenvalue weighted by Crippen LogP contribution is -2.22. The van der Waals surface area contributed by atoms with Gasteiger partial charge in [0.05, 0.1) is 0 Å². The quantitative estimate of drug-likeness (QED) is 0.169. The van der Waals surface area contributed by atoms with E-state index in [1.165, 1.54) is 0 Å². The molecule has 0 saturated carbocycles. The van der Waals surface area contributed by atoms with E-state index in [1.807, 2.05) is 115 Å². The normalized spacial score (nSPS) is 15.7. The van der Waals surface area contributed by atoms with Gasteiger partial charge in [-0.05, 0) is 47.5 Å². The van der Waals surface area contributed by atoms with E-state index >= 15 is 0 Å². The van der Waals surface area contributed by atoms with Gasteiger partial charge in [-0.15, -0.1) is 0 Å². The molecule has 3 aromatic heterocycles. The molecule has 0 fully saturated rings. The van der Waals surface area contributed by atoms with Crippen LogP contribution in [0.1, 0.15) is 17.2 Å². The summed E-state index contributed by atoms with van der Waals surface area (Å²) in [6, 6.07) is 53.1. The lowest BCUT2D eigenvalue weighted by molar-refractivity contribution is 0.278. The summed E-state index contributed by atoms with van der Waals surface area (Å²) in [7, 11) is 0. The van der Waals surface area contributed by atoms with E-state index in [2.05, 4.69) is 60.7 Å². The maximum absolute atomic E-state index is 6.80. The van der Waals surface area contributed by atoms with Gasteiger partial charge in [0.2, 0.25) is 0 Å². The van der Waals surface area contributed by atoms with Crippen LogP contribution in [0.3, 0.4) is 0 Å². The Balaban J connectivity index is 1.00. The predicted molar refractivity (Wildman–Crippen MR) is 221 cm³/mol. The highest BCUT2D eigenvalue weighted by atomic mass is 16.5. The zero-order valence-corrected chi connectivity index (χ0v) is 30.0. The lowest BCUT2D eigenvalue weighted by Gasteiger charge is -2.22. The van der Waals surface area contributed by atoms with Crippen LogP contribution in [0.2, 0.25) is 0 Å². The van der Waals surface area contributed by atoms with Gasteiger partial charge in [0.25, 0.3) is 0 Å². The van der Waals surface area contributed by atoms with E-state index in [-0.39, 0.29) is 12.0 Å². The average Bonchev–Trinajstić information content (AvgIpc) is 3.85. The zero-order valence-electron chi connectivity index (χ0n) is 30.0. The van der Waals surface area contributed by atoms with Crippen molar-refractivity contribution in [3.8, 4) is 62.4 Å². The summed E-state index contributed by atoms with van der Waals surface area (Å²) >= 11 is 0. The Hall–Kier alpha value is -7.51. The third-order valence-electron chi connectivity index (χ3n) is 10.5. The maximum Gasteiger partial charge on any atom is 0.179 e. The molecule has 6 aromatic carbocycles. The molecule has 0 radical (unpaired) electrons. The van der Waals surface area contributed by atoms with E-state index < -0.39 is 0 Å². The third kappa shape index (κ3) is 5.48. The van der Waals surface area contributed by atoms with Crippen LogP contribution in [0.25, 0.3) is 84.3 Å². The molecule has 7 heteroatoms. The molecular formula is C49H31N5O2. The molecular weight excluding hydrogens is 691 g/mol. The molecule has 0 bridgehead atoms. The van der Waals surface area contributed by atoms with Gasteiger partial charge in [0, 0.05) is 44.7 Å². The Morgan fingerprint density at radius 2 is 1.05 bits per heavy atom. The molecule has 11 rings (SSSR count). The van der Waals surface area contributed by atoms with Crippen LogP contribution in [-0.4, -0.2) is 31.0 Å². The number of furan rings is 1. The largest absolute Gasteiger partial charge is 0.484 e. The van der Waals surface area contributed by atoms with Crippen LogP contribution in [0.5, 0.6) is 5.75 Å². The lowest BCUT2D eigenvalue weighted by atomic mass is 9.85. The summed E-state index contributed by atoms with van der Waals surface area (Å²) in [4.78, 5) is 25.3. The third-order valence-corrected chi connectivity index (χ3v) is 10.5. The van der Waals surface area contributed by atoms with Crippen LogP contribution in [0, 0.1) is 0 Å². The van der Waals surface area contributed by atoms with Gasteiger partial charge in [0.1, 0.15) is 28.6 Å². The van der Waals surface area contributed by atoms with Crippen molar-refractivity contribution in [2.24, 2.45) is 0 Å². The van der Waals surface area contributed by atoms with Gasteiger partial charge in [-0.3, -0.25) is 0 Å². The number of hydrogen-bond acceptors (Lipinski definition) is 7. The van der Waals surface area contributed by atoms with Gasteiger partial charge in [-0.1, -0.05) is 140 Å². The highest BCUT2D eigenvalue weighted by Crippen LogP contribution is 2.48. The average molecular weight is 722 g/mol. The predicted octanol–water partition coefficient (Wildman–Crippen LogP) is 11.4. The zero-order chi connectivity index (χ0) is 37.0. The molecule has 264 valence electrons. The molecule has 7 nitrogen and oxygen atoms in total. The maximum atomic E-state index is 6.80. The first kappa shape index (κ1) is 32.0. The molecule has 2 atom stereocenters. The smallest absolute Gasteiger partial charge is 0.179 e. The minimum Gasteiger partial charge on any atom is -0.484 e. The molecule has 56 heavy (non-hydrogen) atoms. The van der Waals surface area contributed by atoms with Crippen LogP contribution < -0.4 is 4.74 Å². The van der Waals surface area contributed by atoms with Gasteiger partial charge >= 0.3 is 0 Å². The topological polar surface area (TPSA) is 86.8 Å². The Bertz CT molecular complexity index is 3010. The second-order valence-corrected chi connectivity index (χ2v) is 14.0. The van der Waals surface area contributed by atoms with Crippen LogP contribution in [0.4, 0.5) is 0 Å². The summed E-state index contributed by atoms with van der Waals surface area (Å²) in [5.74, 6) is 3.19. The van der Waals surface area contributed by atoms with Crippen LogP contribution in [-0.2, 0) is 0 Å². The summed E-state index contributed by atoms with van der Waals surface area (Å²) in [6.45, 7) is 0. The number of nitrogens with zero attached hydrogens (tertiary/aromatic N) is 5. The Kier molecular flexibility index (Phi) is 7.48. The molecule has 0 amide bonds. The Labute approximate surface area is 322 Å². The molecule has 2 unspecified atom stereocenters. The molecule has 0 N–H and O–H groups in total. The highest BCUT2D eigenvalue weighted by molar-refractivity contribution is 6.06. The molecule has 0 spiro atoms. The summed E-state index contributed by atoms with van der Waals surface area (Å²) < 4.78 is 13.3. The number of rotatable bonds is 6. The first-order valence-corrected chi connectivity index (χ1v) is 18.7. The molecule has 0 saturated heterocycles. The van der Waals surface area contributed by atoms with Gasteiger partial charge in [-0.25, -0.2) is 24.9 Å². The summed E-state index contributed by atoms with van der Waals surface area (Å²) in [5, 5.41) is 0.950. The Morgan fingerprint density at radius 1 is 0.464 bits per heavy atom. The van der Waals surface area contributed by atoms with Gasteiger partial charge in [0.15, 0.2) is 28.9 Å². The summed E-state index contributed by atoms with van der Waals surface area (Å²) in [5.41, 5.74) is 10.8. The van der Waals surface area contributed by atoms with Gasteiger partial charge in [-0.2, -0.15) is 0 Å². The van der Waals surface area contributed by atoms with Gasteiger partial charge < -0.3 is 9.15 Å². The standard InChI is InChI=1S/C49H31N5O2/c1-4-14-30(15-5-1)33-20-12-21-34(28-33)48-52-47(32-18-8-3-9-19-32)53-49(54-48)35-26-27-41-39(29-35)36-23-13-24-38(44(36)55-41)43-45-42(37-22-10-11-25-40(37)56-45)50-46(51-43)31-16-6-2-7-17-31/h1-29,36,44H. The molecule has 1 aliphatic heterocycles. The molecule has 4 heterocycles. The number of allylic oxidation sites excluding steroid dienone is 2. The fraction of sp³-hybridized carbons (Fsp3) is 0.0408. The number of aromatic nitrogens is 5. The monoisotopic (exact) mass is 721 g/mol. The van der Waals surface area contributed by atoms with Crippen molar-refractivity contribution in [3.63, 3.8) is 0 Å². The molecule has 2 aliphatic rings. The van der Waals surface area contributed by atoms with E-state index in [0.717, 1.165) is 72.4 Å².